The van der Waals surface area contributed by atoms with Crippen LogP contribution in [-0.2, 0) is 4.84 Å². The maximum Gasteiger partial charge on any atom is 0.226 e. The molecule has 0 spiro atoms. The molecule has 0 amide bonds. The molecule has 106 valence electrons. The van der Waals surface area contributed by atoms with Gasteiger partial charge in [0.05, 0.1) is 5.33 Å². The van der Waals surface area contributed by atoms with E-state index < -0.39 is 0 Å². The summed E-state index contributed by atoms with van der Waals surface area (Å²) in [6.07, 6.45) is 0. The summed E-state index contributed by atoms with van der Waals surface area (Å²) >= 11 is 3.35. The minimum Gasteiger partial charge on any atom is -0.441 e. The predicted molar refractivity (Wildman–Crippen MR) is 78.6 cm³/mol. The van der Waals surface area contributed by atoms with Gasteiger partial charge in [-0.3, -0.25) is 0 Å². The molecule has 0 unspecified atom stereocenters. The molecule has 0 aliphatic carbocycles. The average Bonchev–Trinajstić information content (AvgIpc) is 2.83. The molecule has 0 saturated carbocycles. The fourth-order valence-electron chi connectivity index (χ4n) is 1.65. The highest BCUT2D eigenvalue weighted by Crippen LogP contribution is 2.22. The van der Waals surface area contributed by atoms with Gasteiger partial charge in [0.2, 0.25) is 5.89 Å². The average molecular weight is 341 g/mol. The van der Waals surface area contributed by atoms with E-state index in [4.69, 9.17) is 9.25 Å². The van der Waals surface area contributed by atoms with Gasteiger partial charge >= 0.3 is 0 Å². The maximum atomic E-state index is 12.9. The quantitative estimate of drug-likeness (QED) is 0.470. The predicted octanol–water partition coefficient (Wildman–Crippen LogP) is 3.92. The Morgan fingerprint density at radius 2 is 2.10 bits per heavy atom. The van der Waals surface area contributed by atoms with Crippen LogP contribution in [0.15, 0.2) is 33.8 Å². The second kappa shape index (κ2) is 6.65. The second-order valence-corrected chi connectivity index (χ2v) is 4.58. The summed E-state index contributed by atoms with van der Waals surface area (Å²) < 4.78 is 18.5. The minimum absolute atomic E-state index is 0.295. The summed E-state index contributed by atoms with van der Waals surface area (Å²) in [5.74, 6) is 0.779. The molecule has 0 radical (unpaired) electrons. The molecule has 2 rings (SSSR count). The molecule has 1 heterocycles. The van der Waals surface area contributed by atoms with Crippen molar-refractivity contribution < 1.29 is 13.6 Å². The summed E-state index contributed by atoms with van der Waals surface area (Å²) in [6.45, 7) is 4.15. The van der Waals surface area contributed by atoms with Gasteiger partial charge in [0.1, 0.15) is 29.6 Å². The molecule has 0 N–H and O–H groups in total. The van der Waals surface area contributed by atoms with Crippen molar-refractivity contribution in [1.82, 2.24) is 4.98 Å². The summed E-state index contributed by atoms with van der Waals surface area (Å²) in [5, 5.41) is 4.50. The van der Waals surface area contributed by atoms with Crippen molar-refractivity contribution in [3.05, 3.63) is 41.5 Å². The molecule has 1 aromatic carbocycles. The van der Waals surface area contributed by atoms with Crippen LogP contribution in [0.25, 0.3) is 11.5 Å². The van der Waals surface area contributed by atoms with Gasteiger partial charge in [-0.05, 0) is 38.1 Å². The van der Waals surface area contributed by atoms with Crippen LogP contribution >= 0.6 is 15.9 Å². The third kappa shape index (κ3) is 3.25. The van der Waals surface area contributed by atoms with Gasteiger partial charge in [-0.25, -0.2) is 9.37 Å². The highest BCUT2D eigenvalue weighted by Gasteiger charge is 2.16. The van der Waals surface area contributed by atoms with Crippen LogP contribution < -0.4 is 0 Å². The Bertz CT molecular complexity index is 608. The number of aryl methyl sites for hydroxylation is 1. The fourth-order valence-corrected chi connectivity index (χ4v) is 2.02. The number of halogens is 2. The SMILES string of the molecule is CCON=C(CBr)c1nc(-c2ccc(F)cc2)oc1C. The van der Waals surface area contributed by atoms with Crippen LogP contribution in [0.2, 0.25) is 0 Å². The number of benzene rings is 1. The van der Waals surface area contributed by atoms with Gasteiger partial charge < -0.3 is 9.25 Å². The van der Waals surface area contributed by atoms with Crippen molar-refractivity contribution in [2.45, 2.75) is 13.8 Å². The number of nitrogens with zero attached hydrogens (tertiary/aromatic N) is 2. The molecular formula is C14H14BrFN2O2. The molecule has 20 heavy (non-hydrogen) atoms. The topological polar surface area (TPSA) is 47.6 Å². The van der Waals surface area contributed by atoms with Gasteiger partial charge in [0.25, 0.3) is 0 Å². The highest BCUT2D eigenvalue weighted by atomic mass is 79.9. The first-order valence-corrected chi connectivity index (χ1v) is 7.26. The van der Waals surface area contributed by atoms with Crippen molar-refractivity contribution in [1.29, 1.82) is 0 Å². The molecule has 2 aromatic rings. The van der Waals surface area contributed by atoms with Crippen LogP contribution in [0.3, 0.4) is 0 Å². The lowest BCUT2D eigenvalue weighted by Gasteiger charge is -1.99. The molecule has 4 nitrogen and oxygen atoms in total. The first-order valence-electron chi connectivity index (χ1n) is 6.14. The lowest BCUT2D eigenvalue weighted by Crippen LogP contribution is -2.06. The lowest BCUT2D eigenvalue weighted by atomic mass is 10.2. The van der Waals surface area contributed by atoms with E-state index in [-0.39, 0.29) is 5.82 Å². The molecular weight excluding hydrogens is 327 g/mol. The maximum absolute atomic E-state index is 12.9. The first kappa shape index (κ1) is 14.7. The van der Waals surface area contributed by atoms with Gasteiger partial charge in [-0.15, -0.1) is 0 Å². The Morgan fingerprint density at radius 1 is 1.40 bits per heavy atom. The van der Waals surface area contributed by atoms with Crippen LogP contribution in [0, 0.1) is 12.7 Å². The van der Waals surface area contributed by atoms with E-state index in [1.165, 1.54) is 12.1 Å². The van der Waals surface area contributed by atoms with Gasteiger partial charge in [-0.2, -0.15) is 0 Å². The number of oxime groups is 1. The molecule has 0 saturated heterocycles. The van der Waals surface area contributed by atoms with Crippen molar-refractivity contribution in [3.63, 3.8) is 0 Å². The van der Waals surface area contributed by atoms with Gasteiger partial charge in [0.15, 0.2) is 0 Å². The molecule has 0 fully saturated rings. The minimum atomic E-state index is -0.295. The first-order chi connectivity index (χ1) is 9.65. The van der Waals surface area contributed by atoms with Crippen LogP contribution in [0.1, 0.15) is 18.4 Å². The Morgan fingerprint density at radius 3 is 2.70 bits per heavy atom. The standard InChI is InChI=1S/C14H14BrFN2O2/c1-3-19-18-12(8-15)13-9(2)20-14(17-13)10-4-6-11(16)7-5-10/h4-7H,3,8H2,1-2H3. The zero-order valence-electron chi connectivity index (χ0n) is 11.2. The normalized spacial score (nSPS) is 11.7. The van der Waals surface area contributed by atoms with E-state index in [1.54, 1.807) is 19.1 Å². The number of hydrogen-bond donors (Lipinski definition) is 0. The number of oxazole rings is 1. The van der Waals surface area contributed by atoms with Crippen LogP contribution in [0.4, 0.5) is 4.39 Å². The van der Waals surface area contributed by atoms with Crippen LogP contribution in [0.5, 0.6) is 0 Å². The van der Waals surface area contributed by atoms with E-state index in [0.717, 1.165) is 0 Å². The van der Waals surface area contributed by atoms with Gasteiger partial charge in [-0.1, -0.05) is 21.1 Å². The molecule has 1 aromatic heterocycles. The number of aromatic nitrogens is 1. The molecule has 0 aliphatic heterocycles. The van der Waals surface area contributed by atoms with Crippen molar-refractivity contribution in [2.24, 2.45) is 5.16 Å². The number of alkyl halides is 1. The molecule has 0 aliphatic rings. The summed E-state index contributed by atoms with van der Waals surface area (Å²) in [7, 11) is 0. The number of rotatable bonds is 5. The third-order valence-corrected chi connectivity index (χ3v) is 3.12. The van der Waals surface area contributed by atoms with E-state index in [0.29, 0.717) is 40.6 Å². The van der Waals surface area contributed by atoms with E-state index in [1.807, 2.05) is 6.92 Å². The Labute approximate surface area is 124 Å². The molecule has 0 atom stereocenters. The summed E-state index contributed by atoms with van der Waals surface area (Å²) in [4.78, 5) is 9.46. The molecule has 6 heteroatoms. The lowest BCUT2D eigenvalue weighted by molar-refractivity contribution is 0.159. The highest BCUT2D eigenvalue weighted by molar-refractivity contribution is 9.09. The second-order valence-electron chi connectivity index (χ2n) is 4.02. The third-order valence-electron chi connectivity index (χ3n) is 2.59. The molecule has 0 bridgehead atoms. The largest absolute Gasteiger partial charge is 0.441 e. The van der Waals surface area contributed by atoms with Crippen molar-refractivity contribution >= 4 is 21.6 Å². The smallest absolute Gasteiger partial charge is 0.226 e. The monoisotopic (exact) mass is 340 g/mol. The van der Waals surface area contributed by atoms with E-state index in [2.05, 4.69) is 26.1 Å². The van der Waals surface area contributed by atoms with Crippen molar-refractivity contribution in [2.75, 3.05) is 11.9 Å². The van der Waals surface area contributed by atoms with E-state index >= 15 is 0 Å². The van der Waals surface area contributed by atoms with E-state index in [9.17, 15) is 4.39 Å². The zero-order chi connectivity index (χ0) is 14.5. The zero-order valence-corrected chi connectivity index (χ0v) is 12.8. The van der Waals surface area contributed by atoms with Crippen molar-refractivity contribution in [3.8, 4) is 11.5 Å². The fraction of sp³-hybridized carbons (Fsp3) is 0.286. The Kier molecular flexibility index (Phi) is 4.89. The Hall–Kier alpha value is -1.69. The summed E-state index contributed by atoms with van der Waals surface area (Å²) in [5.41, 5.74) is 2.00. The van der Waals surface area contributed by atoms with Gasteiger partial charge in [0, 0.05) is 5.56 Å². The Balaban J connectivity index is 2.36. The summed E-state index contributed by atoms with van der Waals surface area (Å²) in [6, 6.07) is 5.98. The van der Waals surface area contributed by atoms with Crippen LogP contribution in [-0.4, -0.2) is 22.6 Å². The number of hydrogen-bond acceptors (Lipinski definition) is 4.